The number of benzene rings is 1. The second-order valence-corrected chi connectivity index (χ2v) is 6.53. The van der Waals surface area contributed by atoms with Crippen LogP contribution in [-0.4, -0.2) is 42.7 Å². The molecule has 1 aliphatic heterocycles. The van der Waals surface area contributed by atoms with Crippen molar-refractivity contribution in [2.24, 2.45) is 0 Å². The molecular weight excluding hydrogens is 344 g/mol. The third-order valence-corrected chi connectivity index (χ3v) is 4.68. The number of hydrogen-bond donors (Lipinski definition) is 0. The van der Waals surface area contributed by atoms with Crippen molar-refractivity contribution in [2.75, 3.05) is 6.54 Å². The second kappa shape index (κ2) is 7.53. The van der Waals surface area contributed by atoms with Crippen LogP contribution in [0.3, 0.4) is 0 Å². The molecule has 1 fully saturated rings. The average molecular weight is 364 g/mol. The molecule has 1 aromatic carbocycles. The molecule has 3 aromatic rings. The Labute approximate surface area is 156 Å². The summed E-state index contributed by atoms with van der Waals surface area (Å²) in [7, 11) is 0. The van der Waals surface area contributed by atoms with E-state index in [0.717, 1.165) is 29.8 Å². The number of aryl methyl sites for hydroxylation is 1. The van der Waals surface area contributed by atoms with Gasteiger partial charge < -0.3 is 4.90 Å². The van der Waals surface area contributed by atoms with E-state index < -0.39 is 0 Å². The molecule has 4 rings (SSSR count). The number of allylic oxidation sites excluding steroid dienone is 1. The first-order chi connectivity index (χ1) is 13.2. The van der Waals surface area contributed by atoms with Crippen molar-refractivity contribution in [1.29, 1.82) is 0 Å². The quantitative estimate of drug-likeness (QED) is 0.691. The summed E-state index contributed by atoms with van der Waals surface area (Å²) in [5.74, 6) is -0.141. The summed E-state index contributed by atoms with van der Waals surface area (Å²) in [6.45, 7) is 3.05. The van der Waals surface area contributed by atoms with Crippen molar-refractivity contribution in [2.45, 2.75) is 32.4 Å². The summed E-state index contributed by atoms with van der Waals surface area (Å²) in [6, 6.07) is 9.90. The number of rotatable bonds is 5. The zero-order valence-corrected chi connectivity index (χ0v) is 15.0. The summed E-state index contributed by atoms with van der Waals surface area (Å²) in [6.07, 6.45) is 7.44. The fraction of sp³-hybridized carbons (Fsp3) is 0.316. The van der Waals surface area contributed by atoms with Gasteiger partial charge in [0.05, 0.1) is 18.8 Å². The minimum Gasteiger partial charge on any atom is -0.328 e. The number of amides is 1. The maximum Gasteiger partial charge on any atom is 0.276 e. The van der Waals surface area contributed by atoms with Gasteiger partial charge in [0, 0.05) is 6.54 Å². The Morgan fingerprint density at radius 1 is 1.30 bits per heavy atom. The fourth-order valence-corrected chi connectivity index (χ4v) is 3.33. The number of aromatic nitrogens is 5. The third kappa shape index (κ3) is 3.64. The summed E-state index contributed by atoms with van der Waals surface area (Å²) in [5, 5.41) is 15.9. The van der Waals surface area contributed by atoms with E-state index in [1.54, 1.807) is 15.8 Å². The van der Waals surface area contributed by atoms with Gasteiger partial charge in [0.2, 0.25) is 0 Å². The number of likely N-dealkylation sites (tertiary alicyclic amines) is 1. The number of carbonyl (C=O) groups excluding carboxylic acids is 1. The molecule has 8 heteroatoms. The smallest absolute Gasteiger partial charge is 0.276 e. The summed E-state index contributed by atoms with van der Waals surface area (Å²) in [5.41, 5.74) is 2.89. The van der Waals surface area contributed by atoms with Gasteiger partial charge in [0.25, 0.3) is 5.91 Å². The molecule has 1 amide bonds. The van der Waals surface area contributed by atoms with Gasteiger partial charge in [0.15, 0.2) is 5.69 Å². The van der Waals surface area contributed by atoms with E-state index in [1.165, 1.54) is 0 Å². The van der Waals surface area contributed by atoms with Crippen molar-refractivity contribution < 1.29 is 9.42 Å². The largest absolute Gasteiger partial charge is 0.328 e. The first-order valence-electron chi connectivity index (χ1n) is 8.94. The van der Waals surface area contributed by atoms with Crippen molar-refractivity contribution >= 4 is 12.0 Å². The number of nitrogens with zero attached hydrogens (tertiary/aromatic N) is 6. The summed E-state index contributed by atoms with van der Waals surface area (Å²) >= 11 is 0. The van der Waals surface area contributed by atoms with Crippen LogP contribution in [0.2, 0.25) is 0 Å². The van der Waals surface area contributed by atoms with Crippen LogP contribution in [0, 0.1) is 6.92 Å². The SMILES string of the molecule is Cc1nonc1C1CCCN1C(=O)c1cn(CC=Cc2ccccc2)nn1. The van der Waals surface area contributed by atoms with Crippen molar-refractivity contribution in [3.8, 4) is 0 Å². The van der Waals surface area contributed by atoms with Gasteiger partial charge in [-0.05, 0) is 25.3 Å². The molecule has 8 nitrogen and oxygen atoms in total. The molecule has 2 aromatic heterocycles. The molecule has 1 unspecified atom stereocenters. The fourth-order valence-electron chi connectivity index (χ4n) is 3.33. The topological polar surface area (TPSA) is 89.9 Å². The van der Waals surface area contributed by atoms with E-state index in [-0.39, 0.29) is 11.9 Å². The average Bonchev–Trinajstić information content (AvgIpc) is 3.42. The van der Waals surface area contributed by atoms with Crippen LogP contribution in [0.1, 0.15) is 46.3 Å². The van der Waals surface area contributed by atoms with Gasteiger partial charge in [-0.25, -0.2) is 9.31 Å². The Balaban J connectivity index is 1.44. The number of hydrogen-bond acceptors (Lipinski definition) is 6. The zero-order valence-electron chi connectivity index (χ0n) is 15.0. The van der Waals surface area contributed by atoms with Crippen LogP contribution in [0.25, 0.3) is 6.08 Å². The Bertz CT molecular complexity index is 946. The maximum absolute atomic E-state index is 12.9. The summed E-state index contributed by atoms with van der Waals surface area (Å²) < 4.78 is 6.45. The van der Waals surface area contributed by atoms with Crippen molar-refractivity contribution in [3.05, 3.63) is 65.2 Å². The van der Waals surface area contributed by atoms with Gasteiger partial charge in [-0.1, -0.05) is 58.0 Å². The van der Waals surface area contributed by atoms with E-state index in [0.29, 0.717) is 18.8 Å². The van der Waals surface area contributed by atoms with Gasteiger partial charge >= 0.3 is 0 Å². The molecule has 0 spiro atoms. The highest BCUT2D eigenvalue weighted by Crippen LogP contribution is 2.32. The molecule has 1 aliphatic rings. The molecule has 27 heavy (non-hydrogen) atoms. The molecule has 3 heterocycles. The lowest BCUT2D eigenvalue weighted by Crippen LogP contribution is -2.31. The molecule has 1 saturated heterocycles. The molecule has 0 aliphatic carbocycles. The highest BCUT2D eigenvalue weighted by Gasteiger charge is 2.35. The van der Waals surface area contributed by atoms with Gasteiger partial charge in [-0.3, -0.25) is 4.79 Å². The lowest BCUT2D eigenvalue weighted by Gasteiger charge is -2.21. The van der Waals surface area contributed by atoms with Gasteiger partial charge in [-0.15, -0.1) is 5.10 Å². The van der Waals surface area contributed by atoms with Gasteiger partial charge in [0.1, 0.15) is 11.4 Å². The van der Waals surface area contributed by atoms with E-state index in [9.17, 15) is 4.79 Å². The Morgan fingerprint density at radius 2 is 2.15 bits per heavy atom. The first-order valence-corrected chi connectivity index (χ1v) is 8.94. The minimum atomic E-state index is -0.141. The van der Waals surface area contributed by atoms with Crippen molar-refractivity contribution in [1.82, 2.24) is 30.2 Å². The van der Waals surface area contributed by atoms with Crippen LogP contribution in [0.5, 0.6) is 0 Å². The Kier molecular flexibility index (Phi) is 4.78. The molecule has 0 bridgehead atoms. The minimum absolute atomic E-state index is 0.119. The standard InChI is InChI=1S/C19H20N6O2/c1-14-18(22-27-21-14)17-10-6-12-25(17)19(26)16-13-24(23-20-16)11-5-9-15-7-3-2-4-8-15/h2-5,7-9,13,17H,6,10-12H2,1H3. The predicted octanol–water partition coefficient (Wildman–Crippen LogP) is 2.66. The van der Waals surface area contributed by atoms with Gasteiger partial charge in [-0.2, -0.15) is 0 Å². The first kappa shape index (κ1) is 17.1. The van der Waals surface area contributed by atoms with Crippen LogP contribution in [-0.2, 0) is 6.54 Å². The van der Waals surface area contributed by atoms with E-state index >= 15 is 0 Å². The van der Waals surface area contributed by atoms with E-state index in [1.807, 2.05) is 49.4 Å². The molecule has 0 N–H and O–H groups in total. The van der Waals surface area contributed by atoms with Crippen molar-refractivity contribution in [3.63, 3.8) is 0 Å². The molecular formula is C19H20N6O2. The lowest BCUT2D eigenvalue weighted by atomic mass is 10.1. The van der Waals surface area contributed by atoms with Crippen LogP contribution >= 0.6 is 0 Å². The van der Waals surface area contributed by atoms with Crippen LogP contribution in [0.4, 0.5) is 0 Å². The van der Waals surface area contributed by atoms with Crippen LogP contribution < -0.4 is 0 Å². The summed E-state index contributed by atoms with van der Waals surface area (Å²) in [4.78, 5) is 14.7. The third-order valence-electron chi connectivity index (χ3n) is 4.68. The van der Waals surface area contributed by atoms with E-state index in [2.05, 4.69) is 20.6 Å². The molecule has 0 saturated carbocycles. The lowest BCUT2D eigenvalue weighted by molar-refractivity contribution is 0.0724. The second-order valence-electron chi connectivity index (χ2n) is 6.53. The normalized spacial score (nSPS) is 17.1. The monoisotopic (exact) mass is 364 g/mol. The maximum atomic E-state index is 12.9. The predicted molar refractivity (Wildman–Crippen MR) is 97.5 cm³/mol. The Hall–Kier alpha value is -3.29. The molecule has 1 atom stereocenters. The van der Waals surface area contributed by atoms with E-state index in [4.69, 9.17) is 4.63 Å². The highest BCUT2D eigenvalue weighted by atomic mass is 16.6. The number of carbonyl (C=O) groups is 1. The molecule has 0 radical (unpaired) electrons. The van der Waals surface area contributed by atoms with Crippen LogP contribution in [0.15, 0.2) is 47.2 Å². The Morgan fingerprint density at radius 3 is 2.93 bits per heavy atom. The molecule has 138 valence electrons. The zero-order chi connectivity index (χ0) is 18.6. The highest BCUT2D eigenvalue weighted by molar-refractivity contribution is 5.92.